The molecule has 3 nitrogen and oxygen atoms in total. The minimum Gasteiger partial charge on any atom is -0.465 e. The Balaban J connectivity index is 1.54. The number of hydrogen-bond acceptors (Lipinski definition) is 2. The van der Waals surface area contributed by atoms with E-state index in [9.17, 15) is 0 Å². The van der Waals surface area contributed by atoms with Gasteiger partial charge >= 0.3 is 0 Å². The van der Waals surface area contributed by atoms with Crippen molar-refractivity contribution >= 4 is 6.02 Å². The quantitative estimate of drug-likeness (QED) is 0.619. The van der Waals surface area contributed by atoms with E-state index in [1.165, 1.54) is 69.8 Å². The molecule has 2 aliphatic carbocycles. The van der Waals surface area contributed by atoms with Crippen molar-refractivity contribution in [2.24, 2.45) is 4.99 Å². The van der Waals surface area contributed by atoms with Crippen LogP contribution in [0.15, 0.2) is 35.3 Å². The van der Waals surface area contributed by atoms with Crippen molar-refractivity contribution in [1.29, 1.82) is 0 Å². The Labute approximate surface area is 146 Å². The summed E-state index contributed by atoms with van der Waals surface area (Å²) in [5.41, 5.74) is 1.33. The number of amidine groups is 1. The first kappa shape index (κ1) is 17.3. The molecule has 0 radical (unpaired) electrons. The zero-order chi connectivity index (χ0) is 16.5. The summed E-state index contributed by atoms with van der Waals surface area (Å²) in [6.45, 7) is 0.704. The molecule has 2 saturated carbocycles. The highest BCUT2D eigenvalue weighted by Crippen LogP contribution is 2.21. The number of nitrogens with zero attached hydrogens (tertiary/aromatic N) is 1. The lowest BCUT2D eigenvalue weighted by Crippen LogP contribution is -2.39. The molecule has 0 aromatic heterocycles. The highest BCUT2D eigenvalue weighted by molar-refractivity contribution is 5.74. The van der Waals surface area contributed by atoms with Crippen molar-refractivity contribution in [1.82, 2.24) is 5.32 Å². The fourth-order valence-electron chi connectivity index (χ4n) is 3.82. The zero-order valence-corrected chi connectivity index (χ0v) is 14.9. The molecule has 0 amide bonds. The van der Waals surface area contributed by atoms with Crippen molar-refractivity contribution < 1.29 is 4.74 Å². The number of ether oxygens (including phenoxy) is 1. The second-order valence-corrected chi connectivity index (χ2v) is 7.29. The average Bonchev–Trinajstić information content (AvgIpc) is 2.64. The van der Waals surface area contributed by atoms with Gasteiger partial charge in [0.15, 0.2) is 0 Å². The number of rotatable bonds is 5. The second-order valence-electron chi connectivity index (χ2n) is 7.29. The Morgan fingerprint density at radius 1 is 0.917 bits per heavy atom. The summed E-state index contributed by atoms with van der Waals surface area (Å²) >= 11 is 0. The summed E-state index contributed by atoms with van der Waals surface area (Å²) in [5, 5.41) is 3.62. The Morgan fingerprint density at radius 2 is 1.58 bits per heavy atom. The van der Waals surface area contributed by atoms with E-state index in [0.29, 0.717) is 18.7 Å². The largest absolute Gasteiger partial charge is 0.465 e. The van der Waals surface area contributed by atoms with Gasteiger partial charge in [-0.15, -0.1) is 0 Å². The maximum Gasteiger partial charge on any atom is 0.285 e. The van der Waals surface area contributed by atoms with Crippen molar-refractivity contribution in [2.45, 2.75) is 82.7 Å². The lowest BCUT2D eigenvalue weighted by Gasteiger charge is -2.26. The summed E-state index contributed by atoms with van der Waals surface area (Å²) in [6, 6.07) is 12.4. The molecule has 0 bridgehead atoms. The molecule has 0 aliphatic heterocycles. The summed E-state index contributed by atoms with van der Waals surface area (Å²) < 4.78 is 6.09. The van der Waals surface area contributed by atoms with E-state index in [2.05, 4.69) is 35.6 Å². The summed E-state index contributed by atoms with van der Waals surface area (Å²) in [4.78, 5) is 4.94. The van der Waals surface area contributed by atoms with E-state index in [-0.39, 0.29) is 0 Å². The van der Waals surface area contributed by atoms with E-state index in [1.54, 1.807) is 0 Å². The van der Waals surface area contributed by atoms with Crippen LogP contribution in [0.5, 0.6) is 0 Å². The van der Waals surface area contributed by atoms with Gasteiger partial charge in [-0.05, 0) is 31.2 Å². The average molecular weight is 329 g/mol. The van der Waals surface area contributed by atoms with Gasteiger partial charge in [-0.3, -0.25) is 0 Å². The molecule has 0 unspecified atom stereocenters. The van der Waals surface area contributed by atoms with Crippen LogP contribution in [0.3, 0.4) is 0 Å². The Morgan fingerprint density at radius 3 is 2.29 bits per heavy atom. The van der Waals surface area contributed by atoms with E-state index in [0.717, 1.165) is 12.4 Å². The molecule has 0 saturated heterocycles. The van der Waals surface area contributed by atoms with Crippen LogP contribution < -0.4 is 5.32 Å². The van der Waals surface area contributed by atoms with Gasteiger partial charge in [0.25, 0.3) is 6.02 Å². The van der Waals surface area contributed by atoms with Gasteiger partial charge in [0.05, 0.1) is 12.6 Å². The van der Waals surface area contributed by atoms with Crippen molar-refractivity contribution in [3.63, 3.8) is 0 Å². The fraction of sp³-hybridized carbons (Fsp3) is 0.667. The summed E-state index contributed by atoms with van der Waals surface area (Å²) in [7, 11) is 0. The first-order valence-corrected chi connectivity index (χ1v) is 9.91. The fourth-order valence-corrected chi connectivity index (χ4v) is 3.82. The standard InChI is InChI=1S/C21H32N2O/c1-4-10-18(11-5-1)16-17-24-21(22-19-12-6-2-7-13-19)23-20-14-8-3-9-15-20/h1,4-5,10-11,19-20H,2-3,6-9,12-17H2,(H,22,23). The van der Waals surface area contributed by atoms with Crippen LogP contribution in [0, 0.1) is 0 Å². The third-order valence-electron chi connectivity index (χ3n) is 5.28. The second kappa shape index (κ2) is 9.71. The van der Waals surface area contributed by atoms with Crippen LogP contribution in [0.2, 0.25) is 0 Å². The van der Waals surface area contributed by atoms with E-state index < -0.39 is 0 Å². The molecule has 1 aromatic rings. The van der Waals surface area contributed by atoms with Gasteiger partial charge in [-0.1, -0.05) is 68.9 Å². The van der Waals surface area contributed by atoms with E-state index in [1.807, 2.05) is 0 Å². The third-order valence-corrected chi connectivity index (χ3v) is 5.28. The minimum atomic E-state index is 0.460. The molecule has 132 valence electrons. The molecule has 1 aromatic carbocycles. The zero-order valence-electron chi connectivity index (χ0n) is 14.9. The molecule has 24 heavy (non-hydrogen) atoms. The van der Waals surface area contributed by atoms with Gasteiger partial charge < -0.3 is 10.1 Å². The SMILES string of the molecule is c1ccc(CCOC(=NC2CCCCC2)NC2CCCCC2)cc1. The van der Waals surface area contributed by atoms with Gasteiger partial charge in [0.2, 0.25) is 0 Å². The van der Waals surface area contributed by atoms with Crippen molar-refractivity contribution in [3.8, 4) is 0 Å². The molecular formula is C21H32N2O. The number of benzene rings is 1. The van der Waals surface area contributed by atoms with E-state index in [4.69, 9.17) is 9.73 Å². The highest BCUT2D eigenvalue weighted by Gasteiger charge is 2.18. The summed E-state index contributed by atoms with van der Waals surface area (Å²) in [5.74, 6) is 0. The number of hydrogen-bond donors (Lipinski definition) is 1. The predicted molar refractivity (Wildman–Crippen MR) is 100 cm³/mol. The van der Waals surface area contributed by atoms with Crippen LogP contribution >= 0.6 is 0 Å². The van der Waals surface area contributed by atoms with Crippen LogP contribution in [0.4, 0.5) is 0 Å². The highest BCUT2D eigenvalue weighted by atomic mass is 16.5. The number of nitrogens with one attached hydrogen (secondary N) is 1. The maximum absolute atomic E-state index is 6.09. The smallest absolute Gasteiger partial charge is 0.285 e. The molecule has 3 rings (SSSR count). The molecule has 2 aliphatic rings. The van der Waals surface area contributed by atoms with E-state index >= 15 is 0 Å². The Hall–Kier alpha value is -1.51. The molecule has 0 atom stereocenters. The molecule has 3 heteroatoms. The van der Waals surface area contributed by atoms with Gasteiger partial charge in [-0.2, -0.15) is 0 Å². The first-order valence-electron chi connectivity index (χ1n) is 9.91. The predicted octanol–water partition coefficient (Wildman–Crippen LogP) is 4.86. The van der Waals surface area contributed by atoms with Crippen molar-refractivity contribution in [2.75, 3.05) is 6.61 Å². The summed E-state index contributed by atoms with van der Waals surface area (Å²) in [6.07, 6.45) is 13.9. The van der Waals surface area contributed by atoms with Crippen molar-refractivity contribution in [3.05, 3.63) is 35.9 Å². The van der Waals surface area contributed by atoms with Gasteiger partial charge in [-0.25, -0.2) is 4.99 Å². The lowest BCUT2D eigenvalue weighted by molar-refractivity contribution is 0.272. The molecule has 0 heterocycles. The number of aliphatic imine (C=N–C) groups is 1. The van der Waals surface area contributed by atoms with Crippen LogP contribution in [0.25, 0.3) is 0 Å². The molecule has 2 fully saturated rings. The minimum absolute atomic E-state index is 0.460. The van der Waals surface area contributed by atoms with Crippen LogP contribution in [-0.4, -0.2) is 24.7 Å². The van der Waals surface area contributed by atoms with Gasteiger partial charge in [0.1, 0.15) is 0 Å². The Bertz CT molecular complexity index is 488. The van der Waals surface area contributed by atoms with Crippen LogP contribution in [0.1, 0.15) is 69.8 Å². The monoisotopic (exact) mass is 328 g/mol. The lowest BCUT2D eigenvalue weighted by atomic mass is 9.95. The third kappa shape index (κ3) is 5.85. The maximum atomic E-state index is 6.09. The first-order chi connectivity index (χ1) is 11.9. The molecule has 0 spiro atoms. The van der Waals surface area contributed by atoms with Crippen LogP contribution in [-0.2, 0) is 11.2 Å². The normalized spacial score (nSPS) is 20.8. The Kier molecular flexibility index (Phi) is 7.00. The topological polar surface area (TPSA) is 33.6 Å². The molecule has 1 N–H and O–H groups in total. The molecular weight excluding hydrogens is 296 g/mol. The van der Waals surface area contributed by atoms with Gasteiger partial charge in [0, 0.05) is 12.5 Å².